The summed E-state index contributed by atoms with van der Waals surface area (Å²) in [6.07, 6.45) is 3.97. The molecule has 0 bridgehead atoms. The number of aromatic nitrogens is 2. The van der Waals surface area contributed by atoms with Crippen LogP contribution in [0.1, 0.15) is 16.1 Å². The number of benzene rings is 2. The predicted octanol–water partition coefficient (Wildman–Crippen LogP) is 3.21. The van der Waals surface area contributed by atoms with Crippen molar-refractivity contribution in [2.24, 2.45) is 0 Å². The Morgan fingerprint density at radius 1 is 1.09 bits per heavy atom. The smallest absolute Gasteiger partial charge is 0.276 e. The van der Waals surface area contributed by atoms with Gasteiger partial charge in [-0.25, -0.2) is 9.37 Å². The van der Waals surface area contributed by atoms with Gasteiger partial charge >= 0.3 is 0 Å². The van der Waals surface area contributed by atoms with Crippen LogP contribution in [0.4, 0.5) is 10.1 Å². The first-order valence-electron chi connectivity index (χ1n) is 7.42. The largest absolute Gasteiger partial charge is 0.306 e. The Labute approximate surface area is 132 Å². The first-order chi connectivity index (χ1) is 11.2. The molecule has 0 fully saturated rings. The molecule has 0 N–H and O–H groups in total. The van der Waals surface area contributed by atoms with Gasteiger partial charge in [0.2, 0.25) is 0 Å². The fourth-order valence-corrected chi connectivity index (χ4v) is 2.95. The van der Waals surface area contributed by atoms with Gasteiger partial charge in [-0.2, -0.15) is 0 Å². The van der Waals surface area contributed by atoms with Gasteiger partial charge < -0.3 is 4.90 Å². The summed E-state index contributed by atoms with van der Waals surface area (Å²) in [4.78, 5) is 18.8. The normalized spacial score (nSPS) is 13.2. The molecule has 1 aliphatic heterocycles. The number of hydrogen-bond donors (Lipinski definition) is 0. The van der Waals surface area contributed by atoms with Gasteiger partial charge in [-0.3, -0.25) is 9.36 Å². The number of imidazole rings is 1. The average molecular weight is 307 g/mol. The highest BCUT2D eigenvalue weighted by molar-refractivity contribution is 6.06. The second kappa shape index (κ2) is 5.35. The highest BCUT2D eigenvalue weighted by Gasteiger charge is 2.27. The standard InChI is InChI=1S/C18H14FN3O/c19-14-5-7-15(8-6-14)22-12-20-11-17(22)18(23)21-10-9-13-3-1-2-4-16(13)21/h1-8,11-12H,9-10H2. The van der Waals surface area contributed by atoms with Crippen LogP contribution in [0.25, 0.3) is 5.69 Å². The minimum atomic E-state index is -0.310. The highest BCUT2D eigenvalue weighted by atomic mass is 19.1. The lowest BCUT2D eigenvalue weighted by atomic mass is 10.2. The van der Waals surface area contributed by atoms with Crippen molar-refractivity contribution in [3.63, 3.8) is 0 Å². The van der Waals surface area contributed by atoms with Crippen LogP contribution in [-0.2, 0) is 6.42 Å². The fraction of sp³-hybridized carbons (Fsp3) is 0.111. The van der Waals surface area contributed by atoms with Crippen molar-refractivity contribution in [1.82, 2.24) is 9.55 Å². The quantitative estimate of drug-likeness (QED) is 0.729. The topological polar surface area (TPSA) is 38.1 Å². The number of para-hydroxylation sites is 1. The zero-order valence-corrected chi connectivity index (χ0v) is 12.3. The lowest BCUT2D eigenvalue weighted by Crippen LogP contribution is -2.30. The van der Waals surface area contributed by atoms with Crippen molar-refractivity contribution in [2.75, 3.05) is 11.4 Å². The molecule has 1 aromatic heterocycles. The Morgan fingerprint density at radius 2 is 1.87 bits per heavy atom. The lowest BCUT2D eigenvalue weighted by molar-refractivity contribution is 0.0983. The zero-order valence-electron chi connectivity index (χ0n) is 12.3. The summed E-state index contributed by atoms with van der Waals surface area (Å²) >= 11 is 0. The van der Waals surface area contributed by atoms with E-state index in [0.717, 1.165) is 12.1 Å². The highest BCUT2D eigenvalue weighted by Crippen LogP contribution is 2.29. The molecule has 4 rings (SSSR count). The molecule has 0 saturated carbocycles. The molecule has 2 aromatic carbocycles. The molecule has 1 aliphatic rings. The van der Waals surface area contributed by atoms with E-state index in [-0.39, 0.29) is 11.7 Å². The summed E-state index contributed by atoms with van der Waals surface area (Å²) in [5.74, 6) is -0.410. The van der Waals surface area contributed by atoms with Crippen molar-refractivity contribution in [1.29, 1.82) is 0 Å². The maximum atomic E-state index is 13.1. The number of nitrogens with zero attached hydrogens (tertiary/aromatic N) is 3. The van der Waals surface area contributed by atoms with Gasteiger partial charge in [0.1, 0.15) is 11.5 Å². The third kappa shape index (κ3) is 2.30. The van der Waals surface area contributed by atoms with Crippen molar-refractivity contribution in [2.45, 2.75) is 6.42 Å². The molecule has 5 heteroatoms. The molecule has 0 unspecified atom stereocenters. The van der Waals surface area contributed by atoms with E-state index in [2.05, 4.69) is 4.98 Å². The number of anilines is 1. The Balaban J connectivity index is 1.71. The van der Waals surface area contributed by atoms with E-state index < -0.39 is 0 Å². The van der Waals surface area contributed by atoms with E-state index in [9.17, 15) is 9.18 Å². The molecule has 23 heavy (non-hydrogen) atoms. The molecular formula is C18H14FN3O. The molecule has 114 valence electrons. The van der Waals surface area contributed by atoms with E-state index in [4.69, 9.17) is 0 Å². The Hall–Kier alpha value is -2.95. The Bertz CT molecular complexity index is 870. The van der Waals surface area contributed by atoms with Crippen LogP contribution in [-0.4, -0.2) is 22.0 Å². The number of rotatable bonds is 2. The van der Waals surface area contributed by atoms with Gasteiger partial charge in [-0.1, -0.05) is 18.2 Å². The van der Waals surface area contributed by atoms with Gasteiger partial charge in [0, 0.05) is 17.9 Å². The molecule has 3 aromatic rings. The molecular weight excluding hydrogens is 293 g/mol. The fourth-order valence-electron chi connectivity index (χ4n) is 2.95. The van der Waals surface area contributed by atoms with Crippen molar-refractivity contribution >= 4 is 11.6 Å². The predicted molar refractivity (Wildman–Crippen MR) is 85.3 cm³/mol. The number of carbonyl (C=O) groups is 1. The molecule has 0 saturated heterocycles. The average Bonchev–Trinajstić information content (AvgIpc) is 3.22. The zero-order chi connectivity index (χ0) is 15.8. The van der Waals surface area contributed by atoms with Crippen LogP contribution in [0.2, 0.25) is 0 Å². The SMILES string of the molecule is O=C(c1cncn1-c1ccc(F)cc1)N1CCc2ccccc21. The minimum absolute atomic E-state index is 0.100. The summed E-state index contributed by atoms with van der Waals surface area (Å²) in [6, 6.07) is 13.9. The van der Waals surface area contributed by atoms with Gasteiger partial charge in [-0.15, -0.1) is 0 Å². The summed E-state index contributed by atoms with van der Waals surface area (Å²) < 4.78 is 14.8. The molecule has 0 spiro atoms. The van der Waals surface area contributed by atoms with Gasteiger partial charge in [0.05, 0.1) is 12.5 Å². The van der Waals surface area contributed by atoms with Crippen LogP contribution in [0.5, 0.6) is 0 Å². The number of halogens is 1. The lowest BCUT2D eigenvalue weighted by Gasteiger charge is -2.18. The molecule has 0 radical (unpaired) electrons. The second-order valence-electron chi connectivity index (χ2n) is 5.46. The van der Waals surface area contributed by atoms with E-state index in [0.29, 0.717) is 17.9 Å². The summed E-state index contributed by atoms with van der Waals surface area (Å²) in [7, 11) is 0. The van der Waals surface area contributed by atoms with Crippen LogP contribution >= 0.6 is 0 Å². The Morgan fingerprint density at radius 3 is 2.70 bits per heavy atom. The maximum Gasteiger partial charge on any atom is 0.276 e. The first-order valence-corrected chi connectivity index (χ1v) is 7.42. The maximum absolute atomic E-state index is 13.1. The molecule has 1 amide bonds. The summed E-state index contributed by atoms with van der Waals surface area (Å²) in [6.45, 7) is 0.660. The number of hydrogen-bond acceptors (Lipinski definition) is 2. The van der Waals surface area contributed by atoms with Gasteiger partial charge in [0.15, 0.2) is 0 Å². The van der Waals surface area contributed by atoms with Crippen molar-refractivity contribution in [3.8, 4) is 5.69 Å². The Kier molecular flexibility index (Phi) is 3.19. The van der Waals surface area contributed by atoms with E-state index >= 15 is 0 Å². The van der Waals surface area contributed by atoms with Crippen LogP contribution in [0.15, 0.2) is 61.1 Å². The summed E-state index contributed by atoms with van der Waals surface area (Å²) in [5, 5.41) is 0. The van der Waals surface area contributed by atoms with Gasteiger partial charge in [-0.05, 0) is 42.3 Å². The third-order valence-corrected chi connectivity index (χ3v) is 4.09. The van der Waals surface area contributed by atoms with Crippen molar-refractivity contribution < 1.29 is 9.18 Å². The van der Waals surface area contributed by atoms with E-state index in [1.165, 1.54) is 17.7 Å². The minimum Gasteiger partial charge on any atom is -0.306 e. The van der Waals surface area contributed by atoms with Crippen LogP contribution in [0, 0.1) is 5.82 Å². The number of fused-ring (bicyclic) bond motifs is 1. The van der Waals surface area contributed by atoms with E-state index in [1.54, 1.807) is 34.1 Å². The van der Waals surface area contributed by atoms with Crippen LogP contribution in [0.3, 0.4) is 0 Å². The molecule has 2 heterocycles. The third-order valence-electron chi connectivity index (χ3n) is 4.09. The molecule has 0 aliphatic carbocycles. The second-order valence-corrected chi connectivity index (χ2v) is 5.46. The van der Waals surface area contributed by atoms with E-state index in [1.807, 2.05) is 24.3 Å². The summed E-state index contributed by atoms with van der Waals surface area (Å²) in [5.41, 5.74) is 3.30. The number of amides is 1. The van der Waals surface area contributed by atoms with Crippen molar-refractivity contribution in [3.05, 3.63) is 78.1 Å². The first kappa shape index (κ1) is 13.7. The van der Waals surface area contributed by atoms with Gasteiger partial charge in [0.25, 0.3) is 5.91 Å². The van der Waals surface area contributed by atoms with Crippen LogP contribution < -0.4 is 4.90 Å². The molecule has 4 nitrogen and oxygen atoms in total. The molecule has 0 atom stereocenters. The number of carbonyl (C=O) groups excluding carboxylic acids is 1. The monoisotopic (exact) mass is 307 g/mol.